The van der Waals surface area contributed by atoms with E-state index in [1.165, 1.54) is 23.5 Å². The highest BCUT2D eigenvalue weighted by Gasteiger charge is 2.33. The number of carbonyl (C=O) groups is 1. The second-order valence-electron chi connectivity index (χ2n) is 9.43. The Morgan fingerprint density at radius 3 is 2.39 bits per heavy atom. The number of thiazole rings is 1. The number of esters is 1. The van der Waals surface area contributed by atoms with Gasteiger partial charge in [0.05, 0.1) is 34.1 Å². The molecule has 0 bridgehead atoms. The third-order valence-corrected chi connectivity index (χ3v) is 7.78. The topological polar surface area (TPSA) is 78.5 Å². The van der Waals surface area contributed by atoms with Gasteiger partial charge >= 0.3 is 5.97 Å². The van der Waals surface area contributed by atoms with E-state index in [2.05, 4.69) is 4.99 Å². The first kappa shape index (κ1) is 26.3. The lowest BCUT2D eigenvalue weighted by atomic mass is 9.96. The summed E-state index contributed by atoms with van der Waals surface area (Å²) in [4.78, 5) is 32.2. The lowest BCUT2D eigenvalue weighted by Gasteiger charge is -2.24. The maximum Gasteiger partial charge on any atom is 0.338 e. The third-order valence-electron chi connectivity index (χ3n) is 6.80. The van der Waals surface area contributed by atoms with Crippen LogP contribution in [0.15, 0.2) is 112 Å². The molecular formula is C32H25FN4O3S. The number of rotatable bonds is 6. The Hall–Kier alpha value is -4.89. The predicted octanol–water partition coefficient (Wildman–Crippen LogP) is 4.79. The van der Waals surface area contributed by atoms with Crippen LogP contribution in [-0.2, 0) is 9.53 Å². The summed E-state index contributed by atoms with van der Waals surface area (Å²) in [6.45, 7) is 3.71. The number of hydrogen-bond donors (Lipinski definition) is 0. The minimum atomic E-state index is -0.683. The van der Waals surface area contributed by atoms with E-state index < -0.39 is 12.0 Å². The van der Waals surface area contributed by atoms with Crippen molar-refractivity contribution >= 4 is 23.4 Å². The molecule has 0 radical (unpaired) electrons. The number of benzene rings is 3. The Labute approximate surface area is 238 Å². The van der Waals surface area contributed by atoms with Crippen LogP contribution in [0.5, 0.6) is 0 Å². The number of carbonyl (C=O) groups excluding carboxylic acids is 1. The number of hydrogen-bond acceptors (Lipinski definition) is 6. The number of aromatic nitrogens is 3. The van der Waals surface area contributed by atoms with E-state index in [-0.39, 0.29) is 18.0 Å². The summed E-state index contributed by atoms with van der Waals surface area (Å²) in [5, 5.41) is 4.78. The van der Waals surface area contributed by atoms with Crippen molar-refractivity contribution in [1.29, 1.82) is 0 Å². The van der Waals surface area contributed by atoms with Crippen LogP contribution in [-0.4, -0.2) is 26.9 Å². The molecule has 7 nitrogen and oxygen atoms in total. The van der Waals surface area contributed by atoms with Crippen molar-refractivity contribution in [2.24, 2.45) is 4.99 Å². The van der Waals surface area contributed by atoms with Crippen LogP contribution < -0.4 is 14.9 Å². The Morgan fingerprint density at radius 2 is 1.71 bits per heavy atom. The van der Waals surface area contributed by atoms with Crippen LogP contribution in [0.3, 0.4) is 0 Å². The summed E-state index contributed by atoms with van der Waals surface area (Å²) in [6.07, 6.45) is 3.62. The summed E-state index contributed by atoms with van der Waals surface area (Å²) in [6, 6.07) is 24.4. The summed E-state index contributed by atoms with van der Waals surface area (Å²) in [5.74, 6) is -0.848. The molecule has 0 saturated carbocycles. The maximum atomic E-state index is 14.0. The highest BCUT2D eigenvalue weighted by molar-refractivity contribution is 7.07. The molecule has 0 fully saturated rings. The maximum absolute atomic E-state index is 14.0. The molecule has 204 valence electrons. The first-order valence-corrected chi connectivity index (χ1v) is 13.9. The van der Waals surface area contributed by atoms with Gasteiger partial charge in [0.1, 0.15) is 11.5 Å². The van der Waals surface area contributed by atoms with Crippen molar-refractivity contribution in [3.63, 3.8) is 0 Å². The molecule has 1 aliphatic heterocycles. The molecule has 9 heteroatoms. The van der Waals surface area contributed by atoms with Gasteiger partial charge in [-0.25, -0.2) is 18.9 Å². The number of ether oxygens (including phenoxy) is 1. The van der Waals surface area contributed by atoms with Crippen molar-refractivity contribution < 1.29 is 13.9 Å². The molecule has 41 heavy (non-hydrogen) atoms. The highest BCUT2D eigenvalue weighted by Crippen LogP contribution is 2.31. The smallest absolute Gasteiger partial charge is 0.338 e. The number of para-hydroxylation sites is 1. The van der Waals surface area contributed by atoms with E-state index in [9.17, 15) is 14.0 Å². The van der Waals surface area contributed by atoms with Crippen molar-refractivity contribution in [1.82, 2.24) is 14.3 Å². The van der Waals surface area contributed by atoms with E-state index in [1.54, 1.807) is 41.3 Å². The van der Waals surface area contributed by atoms with Gasteiger partial charge in [-0.15, -0.1) is 0 Å². The van der Waals surface area contributed by atoms with Gasteiger partial charge in [0, 0.05) is 17.3 Å². The standard InChI is InChI=1S/C32H25FN4O3S/c1-3-40-31(39)27-20(2)34-32-37(29(27)22-10-6-4-7-11-22)30(38)26(41-32)18-23-19-36(25-12-8-5-9-13-25)35-28(23)21-14-16-24(33)17-15-21/h4-19,29H,3H2,1-2H3/b26-18-/t29-/m1/s1. The van der Waals surface area contributed by atoms with Crippen molar-refractivity contribution in [2.45, 2.75) is 19.9 Å². The molecule has 3 aromatic carbocycles. The van der Waals surface area contributed by atoms with Crippen molar-refractivity contribution in [2.75, 3.05) is 6.61 Å². The summed E-state index contributed by atoms with van der Waals surface area (Å²) in [7, 11) is 0. The van der Waals surface area contributed by atoms with Crippen molar-refractivity contribution in [3.05, 3.63) is 139 Å². The van der Waals surface area contributed by atoms with Gasteiger partial charge in [-0.3, -0.25) is 9.36 Å². The summed E-state index contributed by atoms with van der Waals surface area (Å²) < 4.78 is 22.8. The van der Waals surface area contributed by atoms with Gasteiger partial charge in [0.2, 0.25) is 0 Å². The van der Waals surface area contributed by atoms with Crippen LogP contribution in [0.1, 0.15) is 31.0 Å². The van der Waals surface area contributed by atoms with Crippen LogP contribution in [0.25, 0.3) is 23.0 Å². The molecule has 0 amide bonds. The summed E-state index contributed by atoms with van der Waals surface area (Å²) >= 11 is 1.24. The van der Waals surface area contributed by atoms with Crippen LogP contribution in [0.4, 0.5) is 4.39 Å². The zero-order chi connectivity index (χ0) is 28.5. The molecule has 5 aromatic rings. The fourth-order valence-corrected chi connectivity index (χ4v) is 5.96. The molecule has 0 aliphatic carbocycles. The quantitative estimate of drug-likeness (QED) is 0.278. The van der Waals surface area contributed by atoms with Gasteiger partial charge < -0.3 is 4.74 Å². The lowest BCUT2D eigenvalue weighted by Crippen LogP contribution is -2.39. The molecule has 1 atom stereocenters. The lowest BCUT2D eigenvalue weighted by molar-refractivity contribution is -0.139. The minimum absolute atomic E-state index is 0.207. The number of halogens is 1. The van der Waals surface area contributed by atoms with E-state index in [4.69, 9.17) is 9.84 Å². The van der Waals surface area contributed by atoms with Gasteiger partial charge in [-0.2, -0.15) is 5.10 Å². The van der Waals surface area contributed by atoms with E-state index in [1.807, 2.05) is 66.9 Å². The third kappa shape index (κ3) is 4.96. The molecule has 6 rings (SSSR count). The summed E-state index contributed by atoms with van der Waals surface area (Å²) in [5.41, 5.74) is 4.18. The molecule has 3 heterocycles. The first-order valence-electron chi connectivity index (χ1n) is 13.1. The van der Waals surface area contributed by atoms with Gasteiger partial charge in [0.25, 0.3) is 5.56 Å². The first-order chi connectivity index (χ1) is 19.9. The Kier molecular flexibility index (Phi) is 7.03. The number of allylic oxidation sites excluding steroid dienone is 1. The fourth-order valence-electron chi connectivity index (χ4n) is 4.92. The Bertz CT molecular complexity index is 1960. The largest absolute Gasteiger partial charge is 0.463 e. The predicted molar refractivity (Wildman–Crippen MR) is 156 cm³/mol. The molecule has 0 spiro atoms. The normalized spacial score (nSPS) is 15.0. The zero-order valence-electron chi connectivity index (χ0n) is 22.3. The van der Waals surface area contributed by atoms with Crippen molar-refractivity contribution in [3.8, 4) is 16.9 Å². The average Bonchev–Trinajstić information content (AvgIpc) is 3.54. The zero-order valence-corrected chi connectivity index (χ0v) is 23.1. The molecule has 0 N–H and O–H groups in total. The van der Waals surface area contributed by atoms with Crippen LogP contribution in [0, 0.1) is 5.82 Å². The molecule has 0 saturated heterocycles. The van der Waals surface area contributed by atoms with Gasteiger partial charge in [-0.1, -0.05) is 59.9 Å². The minimum Gasteiger partial charge on any atom is -0.463 e. The van der Waals surface area contributed by atoms with E-state index in [0.29, 0.717) is 37.4 Å². The molecule has 2 aromatic heterocycles. The molecule has 0 unspecified atom stereocenters. The van der Waals surface area contributed by atoms with Gasteiger partial charge in [0.15, 0.2) is 4.80 Å². The monoisotopic (exact) mass is 564 g/mol. The van der Waals surface area contributed by atoms with E-state index in [0.717, 1.165) is 11.3 Å². The SMILES string of the molecule is CCOC(=O)C1=C(C)N=c2s/c(=C\c3cn(-c4ccccc4)nc3-c3ccc(F)cc3)c(=O)n2[C@@H]1c1ccccc1. The molecular weight excluding hydrogens is 539 g/mol. The Balaban J connectivity index is 1.56. The van der Waals surface area contributed by atoms with Crippen LogP contribution >= 0.6 is 11.3 Å². The Morgan fingerprint density at radius 1 is 1.02 bits per heavy atom. The van der Waals surface area contributed by atoms with Crippen LogP contribution in [0.2, 0.25) is 0 Å². The second kappa shape index (κ2) is 10.9. The number of nitrogens with zero attached hydrogens (tertiary/aromatic N) is 4. The number of fused-ring (bicyclic) bond motifs is 1. The van der Waals surface area contributed by atoms with Gasteiger partial charge in [-0.05, 0) is 61.9 Å². The van der Waals surface area contributed by atoms with E-state index >= 15 is 0 Å². The fraction of sp³-hybridized carbons (Fsp3) is 0.125. The molecule has 1 aliphatic rings. The highest BCUT2D eigenvalue weighted by atomic mass is 32.1. The second-order valence-corrected chi connectivity index (χ2v) is 10.4. The average molecular weight is 565 g/mol.